The number of oxazole rings is 1. The lowest BCUT2D eigenvalue weighted by atomic mass is 9.73. The van der Waals surface area contributed by atoms with E-state index >= 15 is 0 Å². The Morgan fingerprint density at radius 3 is 2.46 bits per heavy atom. The van der Waals surface area contributed by atoms with Gasteiger partial charge in [-0.2, -0.15) is 0 Å². The molecule has 0 spiro atoms. The normalized spacial score (nSPS) is 29.6. The van der Waals surface area contributed by atoms with Gasteiger partial charge in [-0.3, -0.25) is 19.6 Å². The van der Waals surface area contributed by atoms with Crippen molar-refractivity contribution in [3.05, 3.63) is 54.0 Å². The van der Waals surface area contributed by atoms with Crippen molar-refractivity contribution in [2.45, 2.75) is 101 Å². The molecule has 2 N–H and O–H groups in total. The van der Waals surface area contributed by atoms with Gasteiger partial charge in [0.25, 0.3) is 0 Å². The van der Waals surface area contributed by atoms with Gasteiger partial charge in [-0.05, 0) is 107 Å². The van der Waals surface area contributed by atoms with E-state index < -0.39 is 0 Å². The second-order valence-corrected chi connectivity index (χ2v) is 15.1. The number of ether oxygens (including phenoxy) is 1. The Hall–Kier alpha value is -3.34. The molecule has 48 heavy (non-hydrogen) atoms. The van der Waals surface area contributed by atoms with E-state index in [0.717, 1.165) is 118 Å². The lowest BCUT2D eigenvalue weighted by Crippen LogP contribution is -2.72. The predicted octanol–water partition coefficient (Wildman–Crippen LogP) is 5.46. The predicted molar refractivity (Wildman–Crippen MR) is 183 cm³/mol. The molecule has 2 saturated heterocycles. The molecule has 10 nitrogen and oxygen atoms in total. The Labute approximate surface area is 283 Å². The Balaban J connectivity index is 0.973. The number of nitrogens with one attached hydrogen (secondary N) is 1. The highest BCUT2D eigenvalue weighted by atomic mass is 16.5. The number of pyridine rings is 2. The van der Waals surface area contributed by atoms with Gasteiger partial charge in [-0.25, -0.2) is 9.97 Å². The fourth-order valence-corrected chi connectivity index (χ4v) is 8.81. The Morgan fingerprint density at radius 2 is 1.79 bits per heavy atom. The van der Waals surface area contributed by atoms with E-state index in [2.05, 4.69) is 16.3 Å². The SMILES string of the molecule is COc1ccc(C2CCC(CN(C(=O)C3CCC(C4C(O)CN4C4CNC4)CC3)c3cc(-c4coc(C5CC5)n4)ccn3)CC2)nc1C. The largest absolute Gasteiger partial charge is 0.495 e. The molecule has 0 radical (unpaired) electrons. The molecule has 256 valence electrons. The first-order chi connectivity index (χ1) is 23.4. The molecule has 2 unspecified atom stereocenters. The summed E-state index contributed by atoms with van der Waals surface area (Å²) in [5, 5.41) is 14.1. The summed E-state index contributed by atoms with van der Waals surface area (Å²) >= 11 is 0. The zero-order chi connectivity index (χ0) is 32.8. The number of nitrogens with zero attached hydrogens (tertiary/aromatic N) is 5. The average Bonchev–Trinajstić information content (AvgIpc) is 3.82. The number of aromatic nitrogens is 3. The zero-order valence-corrected chi connectivity index (χ0v) is 28.4. The molecule has 2 atom stereocenters. The highest BCUT2D eigenvalue weighted by Gasteiger charge is 2.48. The van der Waals surface area contributed by atoms with Crippen molar-refractivity contribution in [1.29, 1.82) is 0 Å². The number of aryl methyl sites for hydroxylation is 1. The van der Waals surface area contributed by atoms with E-state index in [9.17, 15) is 9.90 Å². The third-order valence-electron chi connectivity index (χ3n) is 12.0. The van der Waals surface area contributed by atoms with Crippen molar-refractivity contribution in [3.8, 4) is 17.0 Å². The monoisotopic (exact) mass is 654 g/mol. The van der Waals surface area contributed by atoms with Crippen LogP contribution in [0.25, 0.3) is 11.3 Å². The van der Waals surface area contributed by atoms with Gasteiger partial charge in [-0.1, -0.05) is 0 Å². The van der Waals surface area contributed by atoms with Gasteiger partial charge < -0.3 is 19.6 Å². The first-order valence-electron chi connectivity index (χ1n) is 18.3. The van der Waals surface area contributed by atoms with Crippen molar-refractivity contribution in [2.24, 2.45) is 17.8 Å². The van der Waals surface area contributed by atoms with Gasteiger partial charge in [0.05, 0.1) is 18.9 Å². The van der Waals surface area contributed by atoms with Gasteiger partial charge in [0.1, 0.15) is 23.5 Å². The molecule has 5 fully saturated rings. The number of β-amino-alcohol motifs (C(OH)–C–C–N with tert-alkyl or cyclic N) is 1. The van der Waals surface area contributed by atoms with Crippen molar-refractivity contribution in [1.82, 2.24) is 25.2 Å². The van der Waals surface area contributed by atoms with E-state index in [4.69, 9.17) is 24.1 Å². The van der Waals surface area contributed by atoms with Gasteiger partial charge >= 0.3 is 0 Å². The van der Waals surface area contributed by atoms with Crippen LogP contribution in [0.1, 0.15) is 93.3 Å². The topological polar surface area (TPSA) is 117 Å². The smallest absolute Gasteiger partial charge is 0.231 e. The molecule has 5 aliphatic rings. The van der Waals surface area contributed by atoms with Gasteiger partial charge in [0.15, 0.2) is 5.89 Å². The van der Waals surface area contributed by atoms with E-state index in [1.807, 2.05) is 36.2 Å². The summed E-state index contributed by atoms with van der Waals surface area (Å²) in [5.41, 5.74) is 3.83. The van der Waals surface area contributed by atoms with Crippen molar-refractivity contribution in [2.75, 3.05) is 38.2 Å². The van der Waals surface area contributed by atoms with Crippen LogP contribution in [0.4, 0.5) is 5.82 Å². The summed E-state index contributed by atoms with van der Waals surface area (Å²) < 4.78 is 11.2. The Kier molecular flexibility index (Phi) is 8.99. The Morgan fingerprint density at radius 1 is 1.02 bits per heavy atom. The van der Waals surface area contributed by atoms with Crippen molar-refractivity contribution < 1.29 is 19.1 Å². The molecule has 5 heterocycles. The summed E-state index contributed by atoms with van der Waals surface area (Å²) in [6.07, 6.45) is 13.5. The second kappa shape index (κ2) is 13.5. The van der Waals surface area contributed by atoms with E-state index in [0.29, 0.717) is 42.1 Å². The first-order valence-corrected chi connectivity index (χ1v) is 18.3. The maximum absolute atomic E-state index is 14.5. The first kappa shape index (κ1) is 31.9. The molecule has 0 aromatic carbocycles. The number of amides is 1. The van der Waals surface area contributed by atoms with Gasteiger partial charge in [-0.15, -0.1) is 0 Å². The number of likely N-dealkylation sites (tertiary alicyclic amines) is 1. The van der Waals surface area contributed by atoms with Crippen molar-refractivity contribution in [3.63, 3.8) is 0 Å². The van der Waals surface area contributed by atoms with Gasteiger partial charge in [0.2, 0.25) is 5.91 Å². The minimum Gasteiger partial charge on any atom is -0.495 e. The molecule has 2 aliphatic heterocycles. The van der Waals surface area contributed by atoms with Crippen LogP contribution >= 0.6 is 0 Å². The molecule has 3 aromatic heterocycles. The quantitative estimate of drug-likeness (QED) is 0.294. The van der Waals surface area contributed by atoms with E-state index in [-0.39, 0.29) is 24.0 Å². The molecule has 10 heteroatoms. The zero-order valence-electron chi connectivity index (χ0n) is 28.4. The second-order valence-electron chi connectivity index (χ2n) is 15.1. The van der Waals surface area contributed by atoms with E-state index in [1.165, 1.54) is 0 Å². The highest BCUT2D eigenvalue weighted by Crippen LogP contribution is 2.42. The molecule has 1 amide bonds. The maximum Gasteiger partial charge on any atom is 0.231 e. The highest BCUT2D eigenvalue weighted by molar-refractivity contribution is 5.94. The van der Waals surface area contributed by atoms with Crippen LogP contribution in [0.5, 0.6) is 5.75 Å². The Bertz CT molecular complexity index is 1590. The molecular weight excluding hydrogens is 604 g/mol. The number of carbonyl (C=O) groups excluding carboxylic acids is 1. The minimum atomic E-state index is -0.240. The summed E-state index contributed by atoms with van der Waals surface area (Å²) in [7, 11) is 1.69. The van der Waals surface area contributed by atoms with Crippen molar-refractivity contribution >= 4 is 11.7 Å². The maximum atomic E-state index is 14.5. The van der Waals surface area contributed by atoms with Crippen LogP contribution in [0.2, 0.25) is 0 Å². The molecule has 3 aromatic rings. The lowest BCUT2D eigenvalue weighted by molar-refractivity contribution is -0.132. The van der Waals surface area contributed by atoms with Crippen LogP contribution < -0.4 is 15.0 Å². The third-order valence-corrected chi connectivity index (χ3v) is 12.0. The number of aliphatic hydroxyl groups is 1. The molecule has 8 rings (SSSR count). The van der Waals surface area contributed by atoms with Gasteiger partial charge in [0, 0.05) is 73.5 Å². The lowest BCUT2D eigenvalue weighted by Gasteiger charge is -2.56. The molecular formula is C38H50N6O4. The number of carbonyl (C=O) groups is 1. The van der Waals surface area contributed by atoms with Crippen LogP contribution in [-0.2, 0) is 4.79 Å². The number of hydrogen-bond acceptors (Lipinski definition) is 9. The van der Waals surface area contributed by atoms with Crippen LogP contribution in [0, 0.1) is 24.7 Å². The molecule has 3 saturated carbocycles. The van der Waals surface area contributed by atoms with Crippen LogP contribution in [0.15, 0.2) is 41.1 Å². The number of aliphatic hydroxyl groups excluding tert-OH is 1. The summed E-state index contributed by atoms with van der Waals surface area (Å²) in [6, 6.07) is 8.94. The van der Waals surface area contributed by atoms with Crippen LogP contribution in [-0.4, -0.2) is 82.3 Å². The number of rotatable bonds is 10. The standard InChI is InChI=1S/C38H50N6O4/c1-23-34(47-2)14-13-31(41-23)25-5-3-24(4-6-25)20-44(35-17-29(15-16-40-35)32-22-48-37(42-32)27-9-10-27)38(46)28-11-7-26(8-12-28)36-33(45)21-43(36)30-18-39-19-30/h13-17,22,24-28,30,33,36,39,45H,3-12,18-21H2,1-2H3. The minimum absolute atomic E-state index is 0.0286. The summed E-state index contributed by atoms with van der Waals surface area (Å²) in [5.74, 6) is 4.24. The molecule has 3 aliphatic carbocycles. The number of methoxy groups -OCH3 is 1. The third kappa shape index (κ3) is 6.39. The fourth-order valence-electron chi connectivity index (χ4n) is 8.81. The van der Waals surface area contributed by atoms with E-state index in [1.54, 1.807) is 13.4 Å². The number of anilines is 1. The molecule has 0 bridgehead atoms. The van der Waals surface area contributed by atoms with Crippen LogP contribution in [0.3, 0.4) is 0 Å². The average molecular weight is 655 g/mol. The number of hydrogen-bond donors (Lipinski definition) is 2. The summed E-state index contributed by atoms with van der Waals surface area (Å²) in [4.78, 5) is 33.5. The fraction of sp³-hybridized carbons (Fsp3) is 0.632. The summed E-state index contributed by atoms with van der Waals surface area (Å²) in [6.45, 7) is 5.51.